The smallest absolute Gasteiger partial charge is 0.234 e. The lowest BCUT2D eigenvalue weighted by Crippen LogP contribution is -2.37. The van der Waals surface area contributed by atoms with E-state index in [0.717, 1.165) is 23.4 Å². The minimum atomic E-state index is -0.110. The fourth-order valence-electron chi connectivity index (χ4n) is 2.77. The summed E-state index contributed by atoms with van der Waals surface area (Å²) < 4.78 is 5.17. The maximum atomic E-state index is 12.5. The Hall–Kier alpha value is -2.29. The average molecular weight is 267 g/mol. The predicted octanol–water partition coefficient (Wildman–Crippen LogP) is 3.00. The second kappa shape index (κ2) is 5.00. The van der Waals surface area contributed by atoms with Crippen molar-refractivity contribution in [1.82, 2.24) is 0 Å². The van der Waals surface area contributed by atoms with Crippen LogP contribution in [-0.2, 0) is 11.2 Å². The van der Waals surface area contributed by atoms with Crippen LogP contribution < -0.4 is 9.64 Å². The Labute approximate surface area is 118 Å². The van der Waals surface area contributed by atoms with Gasteiger partial charge in [-0.1, -0.05) is 30.3 Å². The Morgan fingerprint density at radius 1 is 1.10 bits per heavy atom. The third-order valence-electron chi connectivity index (χ3n) is 3.92. The van der Waals surface area contributed by atoms with E-state index in [1.54, 1.807) is 12.0 Å². The normalized spacial score (nSPS) is 17.8. The number of hydrogen-bond donors (Lipinski definition) is 0. The molecule has 0 aromatic heterocycles. The molecular formula is C17H17NO2. The van der Waals surface area contributed by atoms with Gasteiger partial charge in [0.15, 0.2) is 0 Å². The van der Waals surface area contributed by atoms with Crippen molar-refractivity contribution in [3.8, 4) is 5.75 Å². The lowest BCUT2D eigenvalue weighted by molar-refractivity contribution is -0.120. The highest BCUT2D eigenvalue weighted by atomic mass is 16.5. The average Bonchev–Trinajstić information content (AvgIpc) is 2.51. The standard InChI is InChI=1S/C17H17NO2/c1-18-16-6-4-3-5-13(16)11-15(17(18)19)12-7-9-14(20-2)10-8-12/h3-10,15H,11H2,1-2H3. The van der Waals surface area contributed by atoms with E-state index in [1.165, 1.54) is 5.56 Å². The van der Waals surface area contributed by atoms with Crippen molar-refractivity contribution in [3.63, 3.8) is 0 Å². The summed E-state index contributed by atoms with van der Waals surface area (Å²) in [6.07, 6.45) is 0.756. The molecular weight excluding hydrogens is 250 g/mol. The van der Waals surface area contributed by atoms with E-state index in [0.29, 0.717) is 0 Å². The zero-order valence-electron chi connectivity index (χ0n) is 11.7. The highest BCUT2D eigenvalue weighted by Gasteiger charge is 2.31. The van der Waals surface area contributed by atoms with Gasteiger partial charge in [-0.3, -0.25) is 4.79 Å². The fraction of sp³-hybridized carbons (Fsp3) is 0.235. The Kier molecular flexibility index (Phi) is 3.18. The summed E-state index contributed by atoms with van der Waals surface area (Å²) in [4.78, 5) is 14.3. The number of rotatable bonds is 2. The molecule has 0 aliphatic carbocycles. The van der Waals surface area contributed by atoms with Gasteiger partial charge in [0.2, 0.25) is 5.91 Å². The van der Waals surface area contributed by atoms with E-state index in [2.05, 4.69) is 6.07 Å². The molecule has 1 unspecified atom stereocenters. The lowest BCUT2D eigenvalue weighted by Gasteiger charge is -2.31. The highest BCUT2D eigenvalue weighted by Crippen LogP contribution is 2.34. The fourth-order valence-corrected chi connectivity index (χ4v) is 2.77. The number of carbonyl (C=O) groups is 1. The summed E-state index contributed by atoms with van der Waals surface area (Å²) in [5, 5.41) is 0. The zero-order valence-corrected chi connectivity index (χ0v) is 11.7. The van der Waals surface area contributed by atoms with E-state index in [1.807, 2.05) is 49.5 Å². The van der Waals surface area contributed by atoms with Crippen molar-refractivity contribution >= 4 is 11.6 Å². The third-order valence-corrected chi connectivity index (χ3v) is 3.92. The van der Waals surface area contributed by atoms with Crippen molar-refractivity contribution in [1.29, 1.82) is 0 Å². The van der Waals surface area contributed by atoms with Gasteiger partial charge in [-0.25, -0.2) is 0 Å². The van der Waals surface area contributed by atoms with Crippen LogP contribution >= 0.6 is 0 Å². The summed E-state index contributed by atoms with van der Waals surface area (Å²) in [7, 11) is 3.49. The maximum Gasteiger partial charge on any atom is 0.234 e. The van der Waals surface area contributed by atoms with Crippen molar-refractivity contribution in [2.75, 3.05) is 19.1 Å². The molecule has 0 bridgehead atoms. The van der Waals surface area contributed by atoms with Crippen LogP contribution in [0.1, 0.15) is 17.0 Å². The Bertz CT molecular complexity index is 634. The van der Waals surface area contributed by atoms with Crippen molar-refractivity contribution < 1.29 is 9.53 Å². The highest BCUT2D eigenvalue weighted by molar-refractivity contribution is 6.00. The molecule has 20 heavy (non-hydrogen) atoms. The number of carbonyl (C=O) groups excluding carboxylic acids is 1. The molecule has 2 aromatic carbocycles. The van der Waals surface area contributed by atoms with E-state index in [4.69, 9.17) is 4.74 Å². The molecule has 2 aromatic rings. The molecule has 1 aliphatic heterocycles. The minimum absolute atomic E-state index is 0.110. The zero-order chi connectivity index (χ0) is 14.1. The molecule has 0 N–H and O–H groups in total. The van der Waals surface area contributed by atoms with Gasteiger partial charge in [-0.15, -0.1) is 0 Å². The molecule has 1 heterocycles. The predicted molar refractivity (Wildman–Crippen MR) is 79.3 cm³/mol. The molecule has 0 saturated heterocycles. The Morgan fingerprint density at radius 3 is 2.50 bits per heavy atom. The van der Waals surface area contributed by atoms with Gasteiger partial charge in [0.1, 0.15) is 5.75 Å². The molecule has 0 saturated carbocycles. The van der Waals surface area contributed by atoms with Gasteiger partial charge < -0.3 is 9.64 Å². The summed E-state index contributed by atoms with van der Waals surface area (Å²) in [6.45, 7) is 0. The summed E-state index contributed by atoms with van der Waals surface area (Å²) in [5.41, 5.74) is 3.27. The number of nitrogens with zero attached hydrogens (tertiary/aromatic N) is 1. The van der Waals surface area contributed by atoms with Gasteiger partial charge in [-0.2, -0.15) is 0 Å². The summed E-state index contributed by atoms with van der Waals surface area (Å²) in [5.74, 6) is 0.848. The van der Waals surface area contributed by atoms with Crippen LogP contribution in [-0.4, -0.2) is 20.1 Å². The van der Waals surface area contributed by atoms with Crippen LogP contribution in [0.15, 0.2) is 48.5 Å². The molecule has 3 heteroatoms. The number of methoxy groups -OCH3 is 1. The van der Waals surface area contributed by atoms with Crippen molar-refractivity contribution in [2.45, 2.75) is 12.3 Å². The molecule has 3 rings (SSSR count). The summed E-state index contributed by atoms with van der Waals surface area (Å²) >= 11 is 0. The summed E-state index contributed by atoms with van der Waals surface area (Å²) in [6, 6.07) is 15.8. The number of anilines is 1. The molecule has 0 fully saturated rings. The van der Waals surface area contributed by atoms with E-state index >= 15 is 0 Å². The largest absolute Gasteiger partial charge is 0.497 e. The molecule has 3 nitrogen and oxygen atoms in total. The second-order valence-corrected chi connectivity index (χ2v) is 5.06. The van der Waals surface area contributed by atoms with Gasteiger partial charge in [0, 0.05) is 12.7 Å². The molecule has 102 valence electrons. The SMILES string of the molecule is COc1ccc(C2Cc3ccccc3N(C)C2=O)cc1. The van der Waals surface area contributed by atoms with Crippen LogP contribution in [0.4, 0.5) is 5.69 Å². The molecule has 1 aliphatic rings. The molecule has 0 spiro atoms. The maximum absolute atomic E-state index is 12.5. The lowest BCUT2D eigenvalue weighted by atomic mass is 9.86. The van der Waals surface area contributed by atoms with Gasteiger partial charge in [0.25, 0.3) is 0 Å². The van der Waals surface area contributed by atoms with E-state index in [9.17, 15) is 4.79 Å². The monoisotopic (exact) mass is 267 g/mol. The number of amides is 1. The van der Waals surface area contributed by atoms with Crippen LogP contribution in [0.5, 0.6) is 5.75 Å². The van der Waals surface area contributed by atoms with Crippen LogP contribution in [0.2, 0.25) is 0 Å². The first-order valence-corrected chi connectivity index (χ1v) is 6.70. The van der Waals surface area contributed by atoms with Crippen LogP contribution in [0, 0.1) is 0 Å². The number of benzene rings is 2. The minimum Gasteiger partial charge on any atom is -0.497 e. The topological polar surface area (TPSA) is 29.5 Å². The van der Waals surface area contributed by atoms with Gasteiger partial charge in [-0.05, 0) is 35.7 Å². The second-order valence-electron chi connectivity index (χ2n) is 5.06. The first-order valence-electron chi connectivity index (χ1n) is 6.70. The van der Waals surface area contributed by atoms with Gasteiger partial charge >= 0.3 is 0 Å². The Balaban J connectivity index is 1.97. The van der Waals surface area contributed by atoms with Crippen LogP contribution in [0.3, 0.4) is 0 Å². The third kappa shape index (κ3) is 2.05. The number of hydrogen-bond acceptors (Lipinski definition) is 2. The first kappa shape index (κ1) is 12.7. The number of ether oxygens (including phenoxy) is 1. The molecule has 1 amide bonds. The first-order chi connectivity index (χ1) is 9.70. The number of para-hydroxylation sites is 1. The molecule has 1 atom stereocenters. The Morgan fingerprint density at radius 2 is 1.80 bits per heavy atom. The van der Waals surface area contributed by atoms with E-state index in [-0.39, 0.29) is 11.8 Å². The number of fused-ring (bicyclic) bond motifs is 1. The van der Waals surface area contributed by atoms with Crippen molar-refractivity contribution in [2.24, 2.45) is 0 Å². The van der Waals surface area contributed by atoms with Gasteiger partial charge in [0.05, 0.1) is 13.0 Å². The molecule has 0 radical (unpaired) electrons. The quantitative estimate of drug-likeness (QED) is 0.837. The van der Waals surface area contributed by atoms with E-state index < -0.39 is 0 Å². The number of likely N-dealkylation sites (N-methyl/N-ethyl adjacent to an activating group) is 1. The van der Waals surface area contributed by atoms with Crippen molar-refractivity contribution in [3.05, 3.63) is 59.7 Å². The van der Waals surface area contributed by atoms with Crippen LogP contribution in [0.25, 0.3) is 0 Å².